The molecule has 1 aliphatic rings. The van der Waals surface area contributed by atoms with Crippen molar-refractivity contribution in [1.29, 1.82) is 0 Å². The van der Waals surface area contributed by atoms with Crippen molar-refractivity contribution in [2.24, 2.45) is 0 Å². The van der Waals surface area contributed by atoms with E-state index in [1.807, 2.05) is 34.9 Å². The molecule has 0 atom stereocenters. The zero-order valence-corrected chi connectivity index (χ0v) is 17.5. The highest BCUT2D eigenvalue weighted by atomic mass is 32.2. The van der Waals surface area contributed by atoms with Crippen LogP contribution in [0.25, 0.3) is 5.69 Å². The van der Waals surface area contributed by atoms with Crippen LogP contribution in [-0.4, -0.2) is 60.5 Å². The molecule has 0 N–H and O–H groups in total. The molecule has 2 heterocycles. The molecule has 0 amide bonds. The first-order chi connectivity index (χ1) is 14.7. The maximum atomic E-state index is 13.9. The monoisotopic (exact) mass is 430 g/mol. The molecule has 30 heavy (non-hydrogen) atoms. The molecule has 1 fully saturated rings. The Morgan fingerprint density at radius 2 is 1.83 bits per heavy atom. The summed E-state index contributed by atoms with van der Waals surface area (Å²) in [6.45, 7) is 3.21. The maximum Gasteiger partial charge on any atom is 0.232 e. The smallest absolute Gasteiger partial charge is 0.232 e. The SMILES string of the molecule is COc1ccc(OCCSc2nnc(N3CCOCC3)n2-c2cccc(F)c2)cc1. The molecule has 0 radical (unpaired) electrons. The first-order valence-corrected chi connectivity index (χ1v) is 10.7. The molecule has 4 rings (SSSR count). The molecule has 2 aromatic carbocycles. The summed E-state index contributed by atoms with van der Waals surface area (Å²) in [5.74, 6) is 2.63. The Balaban J connectivity index is 1.47. The number of morpholine rings is 1. The number of rotatable bonds is 8. The molecule has 1 aromatic heterocycles. The van der Waals surface area contributed by atoms with Gasteiger partial charge in [-0.3, -0.25) is 4.57 Å². The molecule has 0 bridgehead atoms. The molecule has 158 valence electrons. The highest BCUT2D eigenvalue weighted by Crippen LogP contribution is 2.27. The zero-order chi connectivity index (χ0) is 20.8. The lowest BCUT2D eigenvalue weighted by Crippen LogP contribution is -2.37. The largest absolute Gasteiger partial charge is 0.497 e. The number of hydrogen-bond donors (Lipinski definition) is 0. The van der Waals surface area contributed by atoms with Gasteiger partial charge in [0.15, 0.2) is 5.16 Å². The average Bonchev–Trinajstić information content (AvgIpc) is 3.22. The number of nitrogens with zero attached hydrogens (tertiary/aromatic N) is 4. The third-order valence-corrected chi connectivity index (χ3v) is 5.51. The van der Waals surface area contributed by atoms with E-state index >= 15 is 0 Å². The molecule has 3 aromatic rings. The van der Waals surface area contributed by atoms with Crippen molar-refractivity contribution in [3.8, 4) is 17.2 Å². The van der Waals surface area contributed by atoms with Crippen molar-refractivity contribution in [2.45, 2.75) is 5.16 Å². The standard InChI is InChI=1S/C21H23FN4O3S/c1-27-18-5-7-19(8-6-18)29-13-14-30-21-24-23-20(25-9-11-28-12-10-25)26(21)17-4-2-3-16(22)15-17/h2-8,15H,9-14H2,1H3. The number of methoxy groups -OCH3 is 1. The quantitative estimate of drug-likeness (QED) is 0.401. The van der Waals surface area contributed by atoms with Crippen molar-refractivity contribution in [3.05, 3.63) is 54.3 Å². The van der Waals surface area contributed by atoms with Crippen LogP contribution in [0.4, 0.5) is 10.3 Å². The van der Waals surface area contributed by atoms with Gasteiger partial charge in [0.1, 0.15) is 17.3 Å². The van der Waals surface area contributed by atoms with Crippen LogP contribution in [0.1, 0.15) is 0 Å². The van der Waals surface area contributed by atoms with E-state index in [4.69, 9.17) is 14.2 Å². The van der Waals surface area contributed by atoms with Gasteiger partial charge in [0.05, 0.1) is 32.6 Å². The van der Waals surface area contributed by atoms with E-state index in [1.54, 1.807) is 13.2 Å². The fourth-order valence-electron chi connectivity index (χ4n) is 3.13. The molecule has 0 aliphatic carbocycles. The van der Waals surface area contributed by atoms with Gasteiger partial charge in [0.25, 0.3) is 0 Å². The zero-order valence-electron chi connectivity index (χ0n) is 16.7. The van der Waals surface area contributed by atoms with E-state index in [-0.39, 0.29) is 5.82 Å². The van der Waals surface area contributed by atoms with Crippen LogP contribution in [0.5, 0.6) is 11.5 Å². The second-order valence-corrected chi connectivity index (χ2v) is 7.63. The lowest BCUT2D eigenvalue weighted by molar-refractivity contribution is 0.122. The summed E-state index contributed by atoms with van der Waals surface area (Å²) >= 11 is 1.52. The van der Waals surface area contributed by atoms with Gasteiger partial charge < -0.3 is 19.1 Å². The van der Waals surface area contributed by atoms with Gasteiger partial charge in [-0.25, -0.2) is 4.39 Å². The van der Waals surface area contributed by atoms with Gasteiger partial charge >= 0.3 is 0 Å². The molecular formula is C21H23FN4O3S. The number of benzene rings is 2. The normalized spacial score (nSPS) is 14.0. The van der Waals surface area contributed by atoms with Crippen LogP contribution in [0.3, 0.4) is 0 Å². The van der Waals surface area contributed by atoms with Crippen molar-refractivity contribution in [3.63, 3.8) is 0 Å². The number of ether oxygens (including phenoxy) is 3. The second kappa shape index (κ2) is 9.82. The van der Waals surface area contributed by atoms with Crippen LogP contribution < -0.4 is 14.4 Å². The summed E-state index contributed by atoms with van der Waals surface area (Å²) in [6, 6.07) is 13.9. The number of aromatic nitrogens is 3. The Kier molecular flexibility index (Phi) is 6.70. The second-order valence-electron chi connectivity index (χ2n) is 6.57. The minimum Gasteiger partial charge on any atom is -0.497 e. The highest BCUT2D eigenvalue weighted by molar-refractivity contribution is 7.99. The predicted molar refractivity (Wildman–Crippen MR) is 114 cm³/mol. The maximum absolute atomic E-state index is 13.9. The molecule has 0 unspecified atom stereocenters. The van der Waals surface area contributed by atoms with Gasteiger partial charge in [-0.15, -0.1) is 10.2 Å². The van der Waals surface area contributed by atoms with E-state index in [9.17, 15) is 4.39 Å². The molecule has 7 nitrogen and oxygen atoms in total. The molecule has 1 aliphatic heterocycles. The molecule has 0 spiro atoms. The Labute approximate surface area is 178 Å². The van der Waals surface area contributed by atoms with Crippen molar-refractivity contribution in [2.75, 3.05) is 50.7 Å². The van der Waals surface area contributed by atoms with Gasteiger partial charge in [-0.05, 0) is 42.5 Å². The first-order valence-electron chi connectivity index (χ1n) is 9.68. The topological polar surface area (TPSA) is 61.6 Å². The number of halogens is 1. The Morgan fingerprint density at radius 1 is 1.07 bits per heavy atom. The van der Waals surface area contributed by atoms with E-state index < -0.39 is 0 Å². The summed E-state index contributed by atoms with van der Waals surface area (Å²) in [4.78, 5) is 2.11. The Bertz CT molecular complexity index is 961. The van der Waals surface area contributed by atoms with Crippen LogP contribution in [0.15, 0.2) is 53.7 Å². The predicted octanol–water partition coefficient (Wildman–Crippen LogP) is 3.42. The van der Waals surface area contributed by atoms with E-state index in [0.717, 1.165) is 24.6 Å². The van der Waals surface area contributed by atoms with Gasteiger partial charge in [-0.2, -0.15) is 0 Å². The average molecular weight is 431 g/mol. The number of anilines is 1. The highest BCUT2D eigenvalue weighted by Gasteiger charge is 2.22. The minimum atomic E-state index is -0.298. The van der Waals surface area contributed by atoms with Crippen molar-refractivity contribution in [1.82, 2.24) is 14.8 Å². The summed E-state index contributed by atoms with van der Waals surface area (Å²) in [6.07, 6.45) is 0. The van der Waals surface area contributed by atoms with Gasteiger partial charge in [0.2, 0.25) is 5.95 Å². The van der Waals surface area contributed by atoms with Gasteiger partial charge in [0, 0.05) is 18.8 Å². The van der Waals surface area contributed by atoms with Crippen molar-refractivity contribution >= 4 is 17.7 Å². The third-order valence-electron chi connectivity index (χ3n) is 4.62. The fourth-order valence-corrected chi connectivity index (χ4v) is 3.89. The lowest BCUT2D eigenvalue weighted by Gasteiger charge is -2.27. The number of thioether (sulfide) groups is 1. The van der Waals surface area contributed by atoms with Crippen LogP contribution in [-0.2, 0) is 4.74 Å². The fraction of sp³-hybridized carbons (Fsp3) is 0.333. The summed E-state index contributed by atoms with van der Waals surface area (Å²) in [5, 5.41) is 9.45. The Morgan fingerprint density at radius 3 is 2.57 bits per heavy atom. The van der Waals surface area contributed by atoms with Crippen LogP contribution in [0.2, 0.25) is 0 Å². The molecule has 9 heteroatoms. The molecule has 1 saturated heterocycles. The summed E-state index contributed by atoms with van der Waals surface area (Å²) in [7, 11) is 1.63. The summed E-state index contributed by atoms with van der Waals surface area (Å²) < 4.78 is 32.2. The van der Waals surface area contributed by atoms with Crippen LogP contribution in [0, 0.1) is 5.82 Å². The third kappa shape index (κ3) is 4.85. The Hall–Kier alpha value is -2.78. The van der Waals surface area contributed by atoms with E-state index in [2.05, 4.69) is 15.1 Å². The number of hydrogen-bond acceptors (Lipinski definition) is 7. The van der Waals surface area contributed by atoms with Gasteiger partial charge in [-0.1, -0.05) is 17.8 Å². The van der Waals surface area contributed by atoms with Crippen LogP contribution >= 0.6 is 11.8 Å². The first kappa shape index (κ1) is 20.5. The lowest BCUT2D eigenvalue weighted by atomic mass is 10.3. The van der Waals surface area contributed by atoms with E-state index in [1.165, 1.54) is 23.9 Å². The summed E-state index contributed by atoms with van der Waals surface area (Å²) in [5.41, 5.74) is 0.695. The minimum absolute atomic E-state index is 0.298. The molecule has 0 saturated carbocycles. The molecular weight excluding hydrogens is 407 g/mol. The van der Waals surface area contributed by atoms with Crippen molar-refractivity contribution < 1.29 is 18.6 Å². The van der Waals surface area contributed by atoms with E-state index in [0.29, 0.717) is 42.4 Å².